The maximum atomic E-state index is 13.3. The van der Waals surface area contributed by atoms with Crippen molar-refractivity contribution in [2.45, 2.75) is 70.5 Å². The van der Waals surface area contributed by atoms with Crippen LogP contribution in [-0.2, 0) is 4.79 Å². The van der Waals surface area contributed by atoms with E-state index in [0.717, 1.165) is 53.8 Å². The highest BCUT2D eigenvalue weighted by Crippen LogP contribution is 2.34. The summed E-state index contributed by atoms with van der Waals surface area (Å²) in [5, 5.41) is 6.27. The van der Waals surface area contributed by atoms with Crippen molar-refractivity contribution in [3.05, 3.63) is 20.8 Å². The van der Waals surface area contributed by atoms with Crippen molar-refractivity contribution in [1.82, 2.24) is 20.2 Å². The molecule has 158 valence electrons. The smallest absolute Gasteiger partial charge is 0.321 e. The van der Waals surface area contributed by atoms with Crippen LogP contribution in [0.25, 0.3) is 10.2 Å². The number of carbonyl (C=O) groups is 2. The van der Waals surface area contributed by atoms with Gasteiger partial charge in [0, 0.05) is 17.5 Å². The molecule has 2 N–H and O–H groups in total. The Morgan fingerprint density at radius 1 is 1.28 bits per heavy atom. The van der Waals surface area contributed by atoms with Gasteiger partial charge in [-0.3, -0.25) is 19.5 Å². The first-order chi connectivity index (χ1) is 13.9. The number of urea groups is 1. The third kappa shape index (κ3) is 5.01. The SMILES string of the molecule is CCCCNC(=O)NC(=O)CSc1nc2sc(C)c(C)c2c(=O)n1C1CCCC1. The summed E-state index contributed by atoms with van der Waals surface area (Å²) < 4.78 is 1.79. The van der Waals surface area contributed by atoms with Gasteiger partial charge in [-0.05, 0) is 38.7 Å². The predicted molar refractivity (Wildman–Crippen MR) is 118 cm³/mol. The molecule has 9 heteroatoms. The fourth-order valence-corrected chi connectivity index (χ4v) is 5.53. The molecule has 0 atom stereocenters. The average molecular weight is 437 g/mol. The minimum atomic E-state index is -0.481. The van der Waals surface area contributed by atoms with E-state index >= 15 is 0 Å². The summed E-state index contributed by atoms with van der Waals surface area (Å²) in [4.78, 5) is 43.8. The predicted octanol–water partition coefficient (Wildman–Crippen LogP) is 3.91. The number of imide groups is 1. The maximum absolute atomic E-state index is 13.3. The highest BCUT2D eigenvalue weighted by Gasteiger charge is 2.25. The minimum Gasteiger partial charge on any atom is -0.338 e. The molecule has 3 rings (SSSR count). The number of fused-ring (bicyclic) bond motifs is 1. The second-order valence-corrected chi connectivity index (χ2v) is 9.56. The van der Waals surface area contributed by atoms with Gasteiger partial charge < -0.3 is 5.32 Å². The van der Waals surface area contributed by atoms with Crippen molar-refractivity contribution in [2.75, 3.05) is 12.3 Å². The molecule has 0 bridgehead atoms. The standard InChI is InChI=1S/C20H28N4O3S2/c1-4-5-10-21-19(27)22-15(25)11-28-20-23-17-16(12(2)13(3)29-17)18(26)24(20)14-8-6-7-9-14/h14H,4-11H2,1-3H3,(H2,21,22,25,27). The summed E-state index contributed by atoms with van der Waals surface area (Å²) in [7, 11) is 0. The normalized spacial score (nSPS) is 14.4. The Morgan fingerprint density at radius 2 is 2.00 bits per heavy atom. The lowest BCUT2D eigenvalue weighted by molar-refractivity contribution is -0.117. The quantitative estimate of drug-likeness (QED) is 0.390. The molecule has 0 unspecified atom stereocenters. The molecule has 0 radical (unpaired) electrons. The fourth-order valence-electron chi connectivity index (χ4n) is 3.59. The number of thiophene rings is 1. The number of rotatable bonds is 7. The van der Waals surface area contributed by atoms with Gasteiger partial charge in [0.1, 0.15) is 4.83 Å². The van der Waals surface area contributed by atoms with Crippen molar-refractivity contribution in [3.8, 4) is 0 Å². The van der Waals surface area contributed by atoms with E-state index in [0.29, 0.717) is 17.1 Å². The first-order valence-electron chi connectivity index (χ1n) is 10.1. The van der Waals surface area contributed by atoms with Crippen LogP contribution in [0.2, 0.25) is 0 Å². The van der Waals surface area contributed by atoms with Crippen molar-refractivity contribution < 1.29 is 9.59 Å². The van der Waals surface area contributed by atoms with Gasteiger partial charge >= 0.3 is 6.03 Å². The minimum absolute atomic E-state index is 0.0102. The fraction of sp³-hybridized carbons (Fsp3) is 0.600. The summed E-state index contributed by atoms with van der Waals surface area (Å²) in [6.07, 6.45) is 5.94. The zero-order valence-corrected chi connectivity index (χ0v) is 18.8. The maximum Gasteiger partial charge on any atom is 0.321 e. The topological polar surface area (TPSA) is 93.1 Å². The van der Waals surface area contributed by atoms with Gasteiger partial charge in [0.2, 0.25) is 5.91 Å². The van der Waals surface area contributed by atoms with Crippen molar-refractivity contribution in [2.24, 2.45) is 0 Å². The van der Waals surface area contributed by atoms with Crippen LogP contribution < -0.4 is 16.2 Å². The van der Waals surface area contributed by atoms with Gasteiger partial charge in [-0.1, -0.05) is 37.9 Å². The number of amides is 3. The van der Waals surface area contributed by atoms with E-state index in [2.05, 4.69) is 10.6 Å². The summed E-state index contributed by atoms with van der Waals surface area (Å²) in [5.74, 6) is -0.357. The highest BCUT2D eigenvalue weighted by atomic mass is 32.2. The molecule has 2 heterocycles. The summed E-state index contributed by atoms with van der Waals surface area (Å²) >= 11 is 2.73. The van der Waals surface area contributed by atoms with Crippen molar-refractivity contribution >= 4 is 45.3 Å². The second kappa shape index (κ2) is 9.75. The van der Waals surface area contributed by atoms with Gasteiger partial charge in [-0.25, -0.2) is 9.78 Å². The van der Waals surface area contributed by atoms with E-state index in [1.54, 1.807) is 4.57 Å². The number of hydrogen-bond acceptors (Lipinski definition) is 6. The molecule has 1 saturated carbocycles. The van der Waals surface area contributed by atoms with Gasteiger partial charge in [0.25, 0.3) is 5.56 Å². The van der Waals surface area contributed by atoms with Gasteiger partial charge in [-0.15, -0.1) is 11.3 Å². The monoisotopic (exact) mass is 436 g/mol. The Hall–Kier alpha value is -1.87. The van der Waals surface area contributed by atoms with Crippen molar-refractivity contribution in [3.63, 3.8) is 0 Å². The molecule has 2 aromatic heterocycles. The van der Waals surface area contributed by atoms with Crippen LogP contribution in [0.4, 0.5) is 4.79 Å². The van der Waals surface area contributed by atoms with Crippen molar-refractivity contribution in [1.29, 1.82) is 0 Å². The van der Waals surface area contributed by atoms with Crippen LogP contribution in [0.5, 0.6) is 0 Å². The Morgan fingerprint density at radius 3 is 2.69 bits per heavy atom. The van der Waals surface area contributed by atoms with Gasteiger partial charge in [-0.2, -0.15) is 0 Å². The van der Waals surface area contributed by atoms with Gasteiger partial charge in [0.05, 0.1) is 11.1 Å². The van der Waals surface area contributed by atoms with E-state index in [1.165, 1.54) is 23.1 Å². The average Bonchev–Trinajstić information content (AvgIpc) is 3.29. The number of aromatic nitrogens is 2. The molecule has 1 fully saturated rings. The number of aryl methyl sites for hydroxylation is 2. The van der Waals surface area contributed by atoms with Gasteiger partial charge in [0.15, 0.2) is 5.16 Å². The molecule has 1 aliphatic carbocycles. The molecular weight excluding hydrogens is 408 g/mol. The van der Waals surface area contributed by atoms with Crippen LogP contribution in [0, 0.1) is 13.8 Å². The summed E-state index contributed by atoms with van der Waals surface area (Å²) in [6.45, 7) is 6.54. The summed E-state index contributed by atoms with van der Waals surface area (Å²) in [5.41, 5.74) is 0.983. The molecule has 0 aromatic carbocycles. The van der Waals surface area contributed by atoms with Crippen LogP contribution in [0.1, 0.15) is 61.9 Å². The third-order valence-corrected chi connectivity index (χ3v) is 7.35. The Labute approximate surface area is 178 Å². The first kappa shape index (κ1) is 21.8. The molecule has 3 amide bonds. The zero-order chi connectivity index (χ0) is 21.0. The van der Waals surface area contributed by atoms with E-state index in [1.807, 2.05) is 20.8 Å². The van der Waals surface area contributed by atoms with Crippen LogP contribution >= 0.6 is 23.1 Å². The number of nitrogens with zero attached hydrogens (tertiary/aromatic N) is 2. The number of nitrogens with one attached hydrogen (secondary N) is 2. The molecule has 7 nitrogen and oxygen atoms in total. The molecule has 0 spiro atoms. The van der Waals surface area contributed by atoms with E-state index in [4.69, 9.17) is 4.98 Å². The first-order valence-corrected chi connectivity index (χ1v) is 11.9. The lowest BCUT2D eigenvalue weighted by Crippen LogP contribution is -2.40. The molecule has 0 saturated heterocycles. The molecule has 2 aromatic rings. The van der Waals surface area contributed by atoms with E-state index < -0.39 is 11.9 Å². The third-order valence-electron chi connectivity index (χ3n) is 5.29. The number of carbonyl (C=O) groups excluding carboxylic acids is 2. The van der Waals surface area contributed by atoms with E-state index in [9.17, 15) is 14.4 Å². The largest absolute Gasteiger partial charge is 0.338 e. The lowest BCUT2D eigenvalue weighted by Gasteiger charge is -2.18. The van der Waals surface area contributed by atoms with E-state index in [-0.39, 0.29) is 17.4 Å². The zero-order valence-electron chi connectivity index (χ0n) is 17.2. The second-order valence-electron chi connectivity index (χ2n) is 7.42. The Balaban J connectivity index is 1.79. The number of unbranched alkanes of at least 4 members (excludes halogenated alkanes) is 1. The molecular formula is C20H28N4O3S2. The van der Waals surface area contributed by atoms with Crippen LogP contribution in [0.3, 0.4) is 0 Å². The molecule has 29 heavy (non-hydrogen) atoms. The number of thioether (sulfide) groups is 1. The number of hydrogen-bond donors (Lipinski definition) is 2. The van der Waals surface area contributed by atoms with Crippen LogP contribution in [0.15, 0.2) is 9.95 Å². The Bertz CT molecular complexity index is 961. The molecule has 1 aliphatic rings. The highest BCUT2D eigenvalue weighted by molar-refractivity contribution is 7.99. The Kier molecular flexibility index (Phi) is 7.34. The summed E-state index contributed by atoms with van der Waals surface area (Å²) in [6, 6.07) is -0.355. The lowest BCUT2D eigenvalue weighted by atomic mass is 10.2. The molecule has 0 aliphatic heterocycles. The van der Waals surface area contributed by atoms with Crippen LogP contribution in [-0.4, -0.2) is 33.8 Å².